The molecule has 0 spiro atoms. The summed E-state index contributed by atoms with van der Waals surface area (Å²) in [5, 5.41) is 0. The summed E-state index contributed by atoms with van der Waals surface area (Å²) in [7, 11) is 0. The van der Waals surface area contributed by atoms with Crippen molar-refractivity contribution in [2.75, 3.05) is 0 Å². The average molecular weight is 352 g/mol. The highest BCUT2D eigenvalue weighted by Crippen LogP contribution is 2.06. The first-order chi connectivity index (χ1) is 7.58. The van der Waals surface area contributed by atoms with E-state index in [9.17, 15) is 8.78 Å². The molecular formula is C10H6Br2F2N2. The third-order valence-electron chi connectivity index (χ3n) is 1.38. The van der Waals surface area contributed by atoms with E-state index in [1.54, 1.807) is 12.1 Å². The molecule has 2 rings (SSSR count). The summed E-state index contributed by atoms with van der Waals surface area (Å²) in [5.41, 5.74) is 0. The quantitative estimate of drug-likeness (QED) is 0.671. The Hall–Kier alpha value is -0.880. The Labute approximate surface area is 108 Å². The molecule has 2 nitrogen and oxygen atoms in total. The zero-order chi connectivity index (χ0) is 12.0. The van der Waals surface area contributed by atoms with Gasteiger partial charge in [-0.3, -0.25) is 0 Å². The fourth-order valence-electron chi connectivity index (χ4n) is 0.716. The van der Waals surface area contributed by atoms with Crippen molar-refractivity contribution in [2.24, 2.45) is 0 Å². The van der Waals surface area contributed by atoms with Crippen molar-refractivity contribution in [3.05, 3.63) is 57.5 Å². The Balaban J connectivity index is 0.000000160. The highest BCUT2D eigenvalue weighted by atomic mass is 79.9. The lowest BCUT2D eigenvalue weighted by atomic mass is 10.5. The summed E-state index contributed by atoms with van der Waals surface area (Å²) in [6.45, 7) is 0. The summed E-state index contributed by atoms with van der Waals surface area (Å²) in [4.78, 5) is 6.73. The monoisotopic (exact) mass is 350 g/mol. The minimum absolute atomic E-state index is 0.451. The molecule has 84 valence electrons. The van der Waals surface area contributed by atoms with Gasteiger partial charge in [0, 0.05) is 21.3 Å². The van der Waals surface area contributed by atoms with Gasteiger partial charge in [0.2, 0.25) is 11.9 Å². The molecule has 2 aromatic heterocycles. The van der Waals surface area contributed by atoms with Crippen LogP contribution < -0.4 is 0 Å². The van der Waals surface area contributed by atoms with Crippen molar-refractivity contribution in [3.63, 3.8) is 0 Å². The van der Waals surface area contributed by atoms with E-state index >= 15 is 0 Å². The van der Waals surface area contributed by atoms with Crippen LogP contribution in [-0.4, -0.2) is 9.97 Å². The van der Waals surface area contributed by atoms with Gasteiger partial charge in [-0.25, -0.2) is 9.97 Å². The molecule has 0 saturated heterocycles. The van der Waals surface area contributed by atoms with Gasteiger partial charge in [0.05, 0.1) is 0 Å². The highest BCUT2D eigenvalue weighted by molar-refractivity contribution is 9.10. The lowest BCUT2D eigenvalue weighted by Gasteiger charge is -1.84. The molecule has 0 saturated carbocycles. The van der Waals surface area contributed by atoms with E-state index in [2.05, 4.69) is 41.8 Å². The molecule has 0 radical (unpaired) electrons. The third-order valence-corrected chi connectivity index (χ3v) is 2.32. The Kier molecular flexibility index (Phi) is 5.48. The second-order valence-electron chi connectivity index (χ2n) is 2.60. The molecule has 0 unspecified atom stereocenters. The molecular weight excluding hydrogens is 346 g/mol. The third kappa shape index (κ3) is 5.27. The van der Waals surface area contributed by atoms with Crippen LogP contribution >= 0.6 is 31.9 Å². The van der Waals surface area contributed by atoms with Gasteiger partial charge in [-0.05, 0) is 56.1 Å². The van der Waals surface area contributed by atoms with Gasteiger partial charge in [0.15, 0.2) is 0 Å². The van der Waals surface area contributed by atoms with E-state index in [-0.39, 0.29) is 0 Å². The molecule has 0 aromatic carbocycles. The summed E-state index contributed by atoms with van der Waals surface area (Å²) < 4.78 is 25.5. The van der Waals surface area contributed by atoms with Crippen LogP contribution in [0.3, 0.4) is 0 Å². The molecule has 0 atom stereocenters. The van der Waals surface area contributed by atoms with Crippen molar-refractivity contribution < 1.29 is 8.78 Å². The van der Waals surface area contributed by atoms with Crippen LogP contribution in [0.1, 0.15) is 0 Å². The van der Waals surface area contributed by atoms with Crippen molar-refractivity contribution in [2.45, 2.75) is 0 Å². The standard InChI is InChI=1S/2C5H3BrFN/c2*6-4-1-2-5(7)8-3-4/h2*1-3H. The zero-order valence-corrected chi connectivity index (χ0v) is 11.0. The van der Waals surface area contributed by atoms with Gasteiger partial charge >= 0.3 is 0 Å². The largest absolute Gasteiger partial charge is 0.227 e. The number of aromatic nitrogens is 2. The molecule has 0 aliphatic carbocycles. The van der Waals surface area contributed by atoms with Gasteiger partial charge in [-0.1, -0.05) is 0 Å². The van der Waals surface area contributed by atoms with Crippen molar-refractivity contribution in [1.82, 2.24) is 9.97 Å². The molecule has 6 heteroatoms. The van der Waals surface area contributed by atoms with E-state index in [0.29, 0.717) is 0 Å². The fourth-order valence-corrected chi connectivity index (χ4v) is 1.18. The smallest absolute Gasteiger partial charge is 0.212 e. The van der Waals surface area contributed by atoms with Crippen LogP contribution in [0.2, 0.25) is 0 Å². The topological polar surface area (TPSA) is 25.8 Å². The van der Waals surface area contributed by atoms with Crippen LogP contribution in [-0.2, 0) is 0 Å². The van der Waals surface area contributed by atoms with E-state index in [1.165, 1.54) is 24.5 Å². The highest BCUT2D eigenvalue weighted by Gasteiger charge is 1.87. The van der Waals surface area contributed by atoms with E-state index < -0.39 is 11.9 Å². The van der Waals surface area contributed by atoms with Gasteiger partial charge in [0.1, 0.15) is 0 Å². The molecule has 0 fully saturated rings. The number of hydrogen-bond donors (Lipinski definition) is 0. The number of halogens is 4. The molecule has 0 aliphatic rings. The number of nitrogens with zero attached hydrogens (tertiary/aromatic N) is 2. The second kappa shape index (κ2) is 6.65. The molecule has 0 amide bonds. The van der Waals surface area contributed by atoms with Gasteiger partial charge in [0.25, 0.3) is 0 Å². The minimum Gasteiger partial charge on any atom is -0.227 e. The van der Waals surface area contributed by atoms with E-state index in [0.717, 1.165) is 8.95 Å². The Morgan fingerprint density at radius 1 is 0.750 bits per heavy atom. The van der Waals surface area contributed by atoms with Crippen molar-refractivity contribution in [1.29, 1.82) is 0 Å². The van der Waals surface area contributed by atoms with Crippen LogP contribution in [0, 0.1) is 11.9 Å². The minimum atomic E-state index is -0.451. The summed E-state index contributed by atoms with van der Waals surface area (Å²) in [6.07, 6.45) is 2.82. The lowest BCUT2D eigenvalue weighted by Crippen LogP contribution is -1.76. The van der Waals surface area contributed by atoms with Crippen molar-refractivity contribution >= 4 is 31.9 Å². The van der Waals surface area contributed by atoms with Gasteiger partial charge < -0.3 is 0 Å². The SMILES string of the molecule is Fc1ccc(Br)cn1.Fc1ccc(Br)cn1. The zero-order valence-electron chi connectivity index (χ0n) is 7.87. The van der Waals surface area contributed by atoms with Crippen LogP contribution in [0.4, 0.5) is 8.78 Å². The maximum atomic E-state index is 12.0. The summed E-state index contributed by atoms with van der Waals surface area (Å²) in [5.74, 6) is -0.901. The molecule has 2 heterocycles. The van der Waals surface area contributed by atoms with Gasteiger partial charge in [-0.2, -0.15) is 8.78 Å². The van der Waals surface area contributed by atoms with Crippen molar-refractivity contribution in [3.8, 4) is 0 Å². The Morgan fingerprint density at radius 2 is 1.12 bits per heavy atom. The molecule has 0 bridgehead atoms. The van der Waals surface area contributed by atoms with E-state index in [4.69, 9.17) is 0 Å². The maximum absolute atomic E-state index is 12.0. The number of hydrogen-bond acceptors (Lipinski definition) is 2. The summed E-state index contributed by atoms with van der Waals surface area (Å²) >= 11 is 6.23. The first-order valence-corrected chi connectivity index (χ1v) is 5.70. The first-order valence-electron chi connectivity index (χ1n) is 4.12. The molecule has 0 aliphatic heterocycles. The Bertz CT molecular complexity index is 346. The molecule has 0 N–H and O–H groups in total. The first kappa shape index (κ1) is 13.2. The fraction of sp³-hybridized carbons (Fsp3) is 0. The van der Waals surface area contributed by atoms with Gasteiger partial charge in [-0.15, -0.1) is 0 Å². The van der Waals surface area contributed by atoms with E-state index in [1.807, 2.05) is 0 Å². The van der Waals surface area contributed by atoms with Crippen LogP contribution in [0.15, 0.2) is 45.6 Å². The predicted octanol–water partition coefficient (Wildman–Crippen LogP) is 3.97. The summed E-state index contributed by atoms with van der Waals surface area (Å²) in [6, 6.07) is 5.79. The lowest BCUT2D eigenvalue weighted by molar-refractivity contribution is 0.582. The molecule has 2 aromatic rings. The normalized spacial score (nSPS) is 9.25. The number of pyridine rings is 2. The van der Waals surface area contributed by atoms with Crippen LogP contribution in [0.5, 0.6) is 0 Å². The Morgan fingerprint density at radius 3 is 1.31 bits per heavy atom. The van der Waals surface area contributed by atoms with Crippen LogP contribution in [0.25, 0.3) is 0 Å². The second-order valence-corrected chi connectivity index (χ2v) is 4.43. The molecule has 16 heavy (non-hydrogen) atoms. The average Bonchev–Trinajstić information content (AvgIpc) is 2.28. The number of rotatable bonds is 0. The predicted molar refractivity (Wildman–Crippen MR) is 63.8 cm³/mol. The maximum Gasteiger partial charge on any atom is 0.212 e.